The van der Waals surface area contributed by atoms with Crippen LogP contribution in [0.2, 0.25) is 0 Å². The quantitative estimate of drug-likeness (QED) is 0.901. The van der Waals surface area contributed by atoms with Crippen LogP contribution in [0.25, 0.3) is 0 Å². The van der Waals surface area contributed by atoms with E-state index in [0.717, 1.165) is 38.3 Å². The zero-order chi connectivity index (χ0) is 13.8. The fraction of sp³-hybridized carbons (Fsp3) is 0.600. The van der Waals surface area contributed by atoms with E-state index in [1.54, 1.807) is 13.2 Å². The second kappa shape index (κ2) is 6.26. The number of ether oxygens (including phenoxy) is 1. The number of methoxy groups -OCH3 is 1. The van der Waals surface area contributed by atoms with Crippen molar-refractivity contribution in [2.24, 2.45) is 0 Å². The maximum absolute atomic E-state index is 10.1. The standard InChI is InChI=1S/C15H24N2O2/c1-4-17-9-8-16(10-12(17)2)11-13-6-5-7-14(19-3)15(13)18/h5-7,12,18H,4,8-11H2,1-3H3. The number of phenols is 1. The van der Waals surface area contributed by atoms with Gasteiger partial charge in [0.05, 0.1) is 7.11 Å². The van der Waals surface area contributed by atoms with Gasteiger partial charge in [-0.2, -0.15) is 0 Å². The maximum atomic E-state index is 10.1. The molecule has 0 amide bonds. The Balaban J connectivity index is 2.02. The van der Waals surface area contributed by atoms with Crippen LogP contribution in [-0.2, 0) is 6.54 Å². The van der Waals surface area contributed by atoms with E-state index in [9.17, 15) is 5.11 Å². The molecule has 1 N–H and O–H groups in total. The van der Waals surface area contributed by atoms with Crippen molar-refractivity contribution in [2.75, 3.05) is 33.3 Å². The van der Waals surface area contributed by atoms with Crippen molar-refractivity contribution in [2.45, 2.75) is 26.4 Å². The van der Waals surface area contributed by atoms with E-state index < -0.39 is 0 Å². The van der Waals surface area contributed by atoms with E-state index >= 15 is 0 Å². The molecule has 106 valence electrons. The molecule has 1 aliphatic rings. The van der Waals surface area contributed by atoms with Crippen molar-refractivity contribution in [3.63, 3.8) is 0 Å². The smallest absolute Gasteiger partial charge is 0.162 e. The molecule has 0 saturated carbocycles. The van der Waals surface area contributed by atoms with Gasteiger partial charge in [-0.15, -0.1) is 0 Å². The van der Waals surface area contributed by atoms with Crippen LogP contribution in [0.4, 0.5) is 0 Å². The average molecular weight is 264 g/mol. The fourth-order valence-corrected chi connectivity index (χ4v) is 2.79. The van der Waals surface area contributed by atoms with E-state index in [1.807, 2.05) is 12.1 Å². The summed E-state index contributed by atoms with van der Waals surface area (Å²) in [6.45, 7) is 9.56. The summed E-state index contributed by atoms with van der Waals surface area (Å²) in [5, 5.41) is 10.1. The summed E-state index contributed by atoms with van der Waals surface area (Å²) in [4.78, 5) is 4.88. The third-order valence-corrected chi connectivity index (χ3v) is 3.95. The topological polar surface area (TPSA) is 35.9 Å². The van der Waals surface area contributed by atoms with Crippen LogP contribution >= 0.6 is 0 Å². The van der Waals surface area contributed by atoms with Gasteiger partial charge in [0.15, 0.2) is 11.5 Å². The van der Waals surface area contributed by atoms with Crippen molar-refractivity contribution in [1.82, 2.24) is 9.80 Å². The van der Waals surface area contributed by atoms with E-state index in [1.165, 1.54) is 0 Å². The van der Waals surface area contributed by atoms with Crippen LogP contribution in [-0.4, -0.2) is 54.2 Å². The molecule has 1 aromatic rings. The first-order valence-corrected chi connectivity index (χ1v) is 6.97. The van der Waals surface area contributed by atoms with Crippen molar-refractivity contribution in [3.05, 3.63) is 23.8 Å². The molecule has 4 heteroatoms. The first kappa shape index (κ1) is 14.2. The Bertz CT molecular complexity index is 423. The van der Waals surface area contributed by atoms with Gasteiger partial charge in [0.2, 0.25) is 0 Å². The molecule has 19 heavy (non-hydrogen) atoms. The lowest BCUT2D eigenvalue weighted by atomic mass is 10.1. The second-order valence-corrected chi connectivity index (χ2v) is 5.18. The summed E-state index contributed by atoms with van der Waals surface area (Å²) in [6, 6.07) is 6.26. The number of piperazine rings is 1. The molecule has 1 saturated heterocycles. The van der Waals surface area contributed by atoms with Crippen LogP contribution in [0, 0.1) is 0 Å². The number of phenolic OH excluding ortho intramolecular Hbond substituents is 1. The fourth-order valence-electron chi connectivity index (χ4n) is 2.79. The molecule has 1 atom stereocenters. The molecule has 0 radical (unpaired) electrons. The lowest BCUT2D eigenvalue weighted by molar-refractivity contribution is 0.0828. The van der Waals surface area contributed by atoms with Crippen molar-refractivity contribution in [3.8, 4) is 11.5 Å². The number of rotatable bonds is 4. The Kier molecular flexibility index (Phi) is 4.66. The lowest BCUT2D eigenvalue weighted by Crippen LogP contribution is -2.51. The highest BCUT2D eigenvalue weighted by Gasteiger charge is 2.23. The van der Waals surface area contributed by atoms with Crippen molar-refractivity contribution in [1.29, 1.82) is 0 Å². The normalized spacial score (nSPS) is 21.5. The highest BCUT2D eigenvalue weighted by atomic mass is 16.5. The summed E-state index contributed by atoms with van der Waals surface area (Å²) in [5.74, 6) is 0.827. The molecule has 1 heterocycles. The van der Waals surface area contributed by atoms with E-state index in [-0.39, 0.29) is 5.75 Å². The third kappa shape index (κ3) is 3.19. The minimum Gasteiger partial charge on any atom is -0.504 e. The van der Waals surface area contributed by atoms with Crippen LogP contribution in [0.5, 0.6) is 11.5 Å². The number of hydrogen-bond donors (Lipinski definition) is 1. The number of para-hydroxylation sites is 1. The molecule has 1 aliphatic heterocycles. The lowest BCUT2D eigenvalue weighted by Gasteiger charge is -2.39. The number of aromatic hydroxyl groups is 1. The Morgan fingerprint density at radius 2 is 2.16 bits per heavy atom. The number of hydrogen-bond acceptors (Lipinski definition) is 4. The van der Waals surface area contributed by atoms with Crippen LogP contribution in [0.15, 0.2) is 18.2 Å². The molecular weight excluding hydrogens is 240 g/mol. The van der Waals surface area contributed by atoms with E-state index in [4.69, 9.17) is 4.74 Å². The molecule has 1 aromatic carbocycles. The second-order valence-electron chi connectivity index (χ2n) is 5.18. The molecule has 0 bridgehead atoms. The molecule has 0 spiro atoms. The molecular formula is C15H24N2O2. The van der Waals surface area contributed by atoms with Gasteiger partial charge < -0.3 is 9.84 Å². The Morgan fingerprint density at radius 1 is 1.37 bits per heavy atom. The summed E-state index contributed by atoms with van der Waals surface area (Å²) < 4.78 is 5.15. The number of benzene rings is 1. The van der Waals surface area contributed by atoms with E-state index in [0.29, 0.717) is 11.8 Å². The first-order valence-electron chi connectivity index (χ1n) is 6.97. The summed E-state index contributed by atoms with van der Waals surface area (Å²) >= 11 is 0. The largest absolute Gasteiger partial charge is 0.504 e. The monoisotopic (exact) mass is 264 g/mol. The summed E-state index contributed by atoms with van der Waals surface area (Å²) in [7, 11) is 1.58. The Morgan fingerprint density at radius 3 is 2.79 bits per heavy atom. The molecule has 0 aliphatic carbocycles. The van der Waals surface area contributed by atoms with Gasteiger partial charge in [0.25, 0.3) is 0 Å². The van der Waals surface area contributed by atoms with Crippen molar-refractivity contribution < 1.29 is 9.84 Å². The van der Waals surface area contributed by atoms with Gasteiger partial charge in [-0.1, -0.05) is 19.1 Å². The maximum Gasteiger partial charge on any atom is 0.162 e. The molecule has 2 rings (SSSR count). The molecule has 1 fully saturated rings. The average Bonchev–Trinajstić information content (AvgIpc) is 2.41. The van der Waals surface area contributed by atoms with Crippen LogP contribution in [0.3, 0.4) is 0 Å². The highest BCUT2D eigenvalue weighted by Crippen LogP contribution is 2.30. The predicted octanol–water partition coefficient (Wildman–Crippen LogP) is 1.93. The summed E-state index contributed by atoms with van der Waals surface area (Å²) in [6.07, 6.45) is 0. The Hall–Kier alpha value is -1.26. The third-order valence-electron chi connectivity index (χ3n) is 3.95. The zero-order valence-electron chi connectivity index (χ0n) is 12.1. The predicted molar refractivity (Wildman–Crippen MR) is 76.6 cm³/mol. The minimum absolute atomic E-state index is 0.274. The minimum atomic E-state index is 0.274. The first-order chi connectivity index (χ1) is 9.15. The molecule has 4 nitrogen and oxygen atoms in total. The van der Waals surface area contributed by atoms with Gasteiger partial charge in [0, 0.05) is 37.8 Å². The van der Waals surface area contributed by atoms with Crippen LogP contribution in [0.1, 0.15) is 19.4 Å². The summed E-state index contributed by atoms with van der Waals surface area (Å²) in [5.41, 5.74) is 0.941. The van der Waals surface area contributed by atoms with Gasteiger partial charge in [-0.25, -0.2) is 0 Å². The number of likely N-dealkylation sites (N-methyl/N-ethyl adjacent to an activating group) is 1. The van der Waals surface area contributed by atoms with Crippen molar-refractivity contribution >= 4 is 0 Å². The van der Waals surface area contributed by atoms with Gasteiger partial charge in [-0.3, -0.25) is 9.80 Å². The SMILES string of the molecule is CCN1CCN(Cc2cccc(OC)c2O)CC1C. The van der Waals surface area contributed by atoms with Crippen LogP contribution < -0.4 is 4.74 Å². The van der Waals surface area contributed by atoms with Gasteiger partial charge in [-0.05, 0) is 19.5 Å². The Labute approximate surface area is 115 Å². The van der Waals surface area contributed by atoms with Gasteiger partial charge in [0.1, 0.15) is 0 Å². The highest BCUT2D eigenvalue weighted by molar-refractivity contribution is 5.45. The zero-order valence-corrected chi connectivity index (χ0v) is 12.1. The molecule has 1 unspecified atom stereocenters. The van der Waals surface area contributed by atoms with E-state index in [2.05, 4.69) is 23.6 Å². The van der Waals surface area contributed by atoms with Gasteiger partial charge >= 0.3 is 0 Å². The molecule has 0 aromatic heterocycles. The number of nitrogens with zero attached hydrogens (tertiary/aromatic N) is 2.